The van der Waals surface area contributed by atoms with Crippen LogP contribution in [-0.4, -0.2) is 36.8 Å². The molecule has 1 aliphatic rings. The Morgan fingerprint density at radius 3 is 2.75 bits per heavy atom. The fourth-order valence-corrected chi connectivity index (χ4v) is 3.63. The largest absolute Gasteiger partial charge is 0.393 e. The first-order valence-corrected chi connectivity index (χ1v) is 9.66. The molecule has 4 rings (SSSR count). The number of rotatable bonds is 5. The Kier molecular flexibility index (Phi) is 5.21. The third kappa shape index (κ3) is 3.82. The van der Waals surface area contributed by atoms with Crippen molar-refractivity contribution in [3.8, 4) is 0 Å². The van der Waals surface area contributed by atoms with Gasteiger partial charge in [0.1, 0.15) is 17.5 Å². The van der Waals surface area contributed by atoms with Crippen molar-refractivity contribution >= 4 is 28.2 Å². The molecular formula is C20H24N6O2. The zero-order chi connectivity index (χ0) is 19.5. The van der Waals surface area contributed by atoms with Gasteiger partial charge in [-0.25, -0.2) is 9.97 Å². The summed E-state index contributed by atoms with van der Waals surface area (Å²) in [5.41, 5.74) is -0.0584. The number of aliphatic hydroxyl groups excluding tert-OH is 1. The lowest BCUT2D eigenvalue weighted by molar-refractivity contribution is 0.126. The van der Waals surface area contributed by atoms with Crippen LogP contribution >= 0.6 is 0 Å². The van der Waals surface area contributed by atoms with E-state index in [0.717, 1.165) is 31.1 Å². The number of pyridine rings is 2. The number of hydrogen-bond acceptors (Lipinski definition) is 7. The van der Waals surface area contributed by atoms with Gasteiger partial charge in [-0.1, -0.05) is 0 Å². The summed E-state index contributed by atoms with van der Waals surface area (Å²) in [6.07, 6.45) is 9.62. The number of aliphatic hydroxyl groups is 1. The van der Waals surface area contributed by atoms with Crippen molar-refractivity contribution in [3.05, 3.63) is 47.3 Å². The van der Waals surface area contributed by atoms with Gasteiger partial charge in [0.05, 0.1) is 17.7 Å². The van der Waals surface area contributed by atoms with Gasteiger partial charge < -0.3 is 20.3 Å². The van der Waals surface area contributed by atoms with Crippen molar-refractivity contribution < 1.29 is 5.11 Å². The van der Waals surface area contributed by atoms with Crippen LogP contribution in [0.2, 0.25) is 0 Å². The Balaban J connectivity index is 1.75. The number of aryl methyl sites for hydroxylation is 1. The van der Waals surface area contributed by atoms with Crippen LogP contribution in [0.3, 0.4) is 0 Å². The molecule has 0 aliphatic heterocycles. The molecule has 28 heavy (non-hydrogen) atoms. The molecule has 3 heterocycles. The molecule has 8 nitrogen and oxygen atoms in total. The van der Waals surface area contributed by atoms with Crippen LogP contribution in [0.4, 0.5) is 17.5 Å². The number of anilines is 3. The van der Waals surface area contributed by atoms with E-state index in [0.29, 0.717) is 29.4 Å². The first-order chi connectivity index (χ1) is 13.6. The molecule has 3 aromatic rings. The minimum absolute atomic E-state index is 0.0584. The topological polar surface area (TPSA) is 105 Å². The molecular weight excluding hydrogens is 356 g/mol. The maximum Gasteiger partial charge on any atom is 0.262 e. The summed E-state index contributed by atoms with van der Waals surface area (Å²) < 4.78 is 1.68. The van der Waals surface area contributed by atoms with Crippen molar-refractivity contribution in [1.82, 2.24) is 19.5 Å². The van der Waals surface area contributed by atoms with Gasteiger partial charge in [0.25, 0.3) is 5.56 Å². The molecule has 1 aliphatic carbocycles. The van der Waals surface area contributed by atoms with Crippen LogP contribution in [-0.2, 0) is 6.54 Å². The summed E-state index contributed by atoms with van der Waals surface area (Å²) in [4.78, 5) is 25.9. The molecule has 1 fully saturated rings. The standard InChI is InChI=1S/C20H24N6O2/c1-2-26-10-7-13-11-16(24-17-12-21-8-9-22-17)25-19(18(13)20(26)28)23-14-3-5-15(27)6-4-14/h7-12,14-15,27H,2-6H2,1H3,(H2,22,23,24,25)/t14-,15+. The minimum atomic E-state index is -0.232. The lowest BCUT2D eigenvalue weighted by atomic mass is 9.93. The van der Waals surface area contributed by atoms with Gasteiger partial charge >= 0.3 is 0 Å². The average Bonchev–Trinajstić information content (AvgIpc) is 2.70. The molecule has 0 aromatic carbocycles. The third-order valence-corrected chi connectivity index (χ3v) is 5.16. The van der Waals surface area contributed by atoms with E-state index in [-0.39, 0.29) is 17.7 Å². The van der Waals surface area contributed by atoms with Gasteiger partial charge in [-0.3, -0.25) is 9.78 Å². The highest BCUT2D eigenvalue weighted by Gasteiger charge is 2.21. The second kappa shape index (κ2) is 7.93. The number of aromatic nitrogens is 4. The average molecular weight is 380 g/mol. The highest BCUT2D eigenvalue weighted by Crippen LogP contribution is 2.27. The van der Waals surface area contributed by atoms with Crippen LogP contribution in [0.15, 0.2) is 41.7 Å². The second-order valence-corrected chi connectivity index (χ2v) is 7.09. The smallest absolute Gasteiger partial charge is 0.262 e. The Morgan fingerprint density at radius 2 is 2.04 bits per heavy atom. The van der Waals surface area contributed by atoms with Gasteiger partial charge in [0.15, 0.2) is 0 Å². The molecule has 0 saturated heterocycles. The molecule has 0 radical (unpaired) electrons. The molecule has 3 aromatic heterocycles. The normalized spacial score (nSPS) is 19.5. The minimum Gasteiger partial charge on any atom is -0.393 e. The van der Waals surface area contributed by atoms with E-state index >= 15 is 0 Å². The van der Waals surface area contributed by atoms with Crippen LogP contribution in [0.25, 0.3) is 10.8 Å². The van der Waals surface area contributed by atoms with E-state index in [1.165, 1.54) is 0 Å². The van der Waals surface area contributed by atoms with Gasteiger partial charge in [-0.2, -0.15) is 0 Å². The molecule has 0 bridgehead atoms. The van der Waals surface area contributed by atoms with E-state index in [4.69, 9.17) is 0 Å². The summed E-state index contributed by atoms with van der Waals surface area (Å²) >= 11 is 0. The van der Waals surface area contributed by atoms with E-state index in [2.05, 4.69) is 25.6 Å². The SMILES string of the molecule is CCn1ccc2cc(Nc3cnccn3)nc(N[C@H]3CC[C@@H](O)CC3)c2c1=O. The first-order valence-electron chi connectivity index (χ1n) is 9.66. The Bertz CT molecular complexity index is 1010. The van der Waals surface area contributed by atoms with Crippen molar-refractivity contribution in [2.45, 2.75) is 51.3 Å². The Hall–Kier alpha value is -3.00. The molecule has 3 N–H and O–H groups in total. The quantitative estimate of drug-likeness (QED) is 0.625. The van der Waals surface area contributed by atoms with Gasteiger partial charge in [-0.05, 0) is 50.1 Å². The highest BCUT2D eigenvalue weighted by molar-refractivity contribution is 5.93. The molecule has 8 heteroatoms. The number of hydrogen-bond donors (Lipinski definition) is 3. The lowest BCUT2D eigenvalue weighted by Crippen LogP contribution is -2.29. The zero-order valence-electron chi connectivity index (χ0n) is 15.8. The fourth-order valence-electron chi connectivity index (χ4n) is 3.63. The fraction of sp³-hybridized carbons (Fsp3) is 0.400. The highest BCUT2D eigenvalue weighted by atomic mass is 16.3. The summed E-state index contributed by atoms with van der Waals surface area (Å²) in [7, 11) is 0. The van der Waals surface area contributed by atoms with Crippen molar-refractivity contribution in [2.24, 2.45) is 0 Å². The molecule has 0 unspecified atom stereocenters. The molecule has 0 spiro atoms. The monoisotopic (exact) mass is 380 g/mol. The van der Waals surface area contributed by atoms with E-state index in [1.807, 2.05) is 19.1 Å². The predicted molar refractivity (Wildman–Crippen MR) is 109 cm³/mol. The van der Waals surface area contributed by atoms with Gasteiger partial charge in [0.2, 0.25) is 0 Å². The predicted octanol–water partition coefficient (Wildman–Crippen LogP) is 2.67. The van der Waals surface area contributed by atoms with Crippen molar-refractivity contribution in [1.29, 1.82) is 0 Å². The molecule has 0 amide bonds. The zero-order valence-corrected chi connectivity index (χ0v) is 15.8. The van der Waals surface area contributed by atoms with E-state index in [1.54, 1.807) is 29.4 Å². The number of fused-ring (bicyclic) bond motifs is 1. The van der Waals surface area contributed by atoms with Crippen LogP contribution in [0.5, 0.6) is 0 Å². The Labute approximate surface area is 162 Å². The second-order valence-electron chi connectivity index (χ2n) is 7.09. The number of nitrogens with one attached hydrogen (secondary N) is 2. The third-order valence-electron chi connectivity index (χ3n) is 5.16. The van der Waals surface area contributed by atoms with E-state index < -0.39 is 0 Å². The van der Waals surface area contributed by atoms with Crippen LogP contribution in [0.1, 0.15) is 32.6 Å². The molecule has 0 atom stereocenters. The lowest BCUT2D eigenvalue weighted by Gasteiger charge is -2.27. The van der Waals surface area contributed by atoms with Crippen molar-refractivity contribution in [2.75, 3.05) is 10.6 Å². The maximum absolute atomic E-state index is 12.9. The van der Waals surface area contributed by atoms with E-state index in [9.17, 15) is 9.90 Å². The number of nitrogens with zero attached hydrogens (tertiary/aromatic N) is 4. The maximum atomic E-state index is 12.9. The van der Waals surface area contributed by atoms with Gasteiger partial charge in [0, 0.05) is 31.2 Å². The van der Waals surface area contributed by atoms with Crippen LogP contribution in [0, 0.1) is 0 Å². The molecule has 146 valence electrons. The van der Waals surface area contributed by atoms with Crippen molar-refractivity contribution in [3.63, 3.8) is 0 Å². The first kappa shape index (κ1) is 18.4. The molecule has 1 saturated carbocycles. The summed E-state index contributed by atoms with van der Waals surface area (Å²) in [5.74, 6) is 1.75. The summed E-state index contributed by atoms with van der Waals surface area (Å²) in [5, 5.41) is 17.8. The summed E-state index contributed by atoms with van der Waals surface area (Å²) in [6.45, 7) is 2.55. The van der Waals surface area contributed by atoms with Crippen LogP contribution < -0.4 is 16.2 Å². The Morgan fingerprint density at radius 1 is 1.21 bits per heavy atom. The van der Waals surface area contributed by atoms with Gasteiger partial charge in [-0.15, -0.1) is 0 Å². The summed E-state index contributed by atoms with van der Waals surface area (Å²) in [6, 6.07) is 3.96.